The van der Waals surface area contributed by atoms with Crippen LogP contribution in [0.5, 0.6) is 0 Å². The van der Waals surface area contributed by atoms with E-state index in [-0.39, 0.29) is 17.6 Å². The minimum absolute atomic E-state index is 0.00278. The topological polar surface area (TPSA) is 30.0 Å². The molecule has 1 aromatic heterocycles. The molecule has 0 N–H and O–H groups in total. The third-order valence-electron chi connectivity index (χ3n) is 1.43. The van der Waals surface area contributed by atoms with Crippen LogP contribution >= 0.6 is 11.3 Å². The smallest absolute Gasteiger partial charge is 0.193 e. The molecule has 0 aliphatic carbocycles. The van der Waals surface area contributed by atoms with Gasteiger partial charge in [-0.25, -0.2) is 4.98 Å². The lowest BCUT2D eigenvalue weighted by molar-refractivity contribution is 0.0994. The lowest BCUT2D eigenvalue weighted by atomic mass is 9.98. The van der Waals surface area contributed by atoms with Crippen molar-refractivity contribution in [2.75, 3.05) is 0 Å². The van der Waals surface area contributed by atoms with Crippen molar-refractivity contribution in [1.82, 2.24) is 4.98 Å². The molecule has 0 saturated carbocycles. The second-order valence-electron chi connectivity index (χ2n) is 4.03. The van der Waals surface area contributed by atoms with E-state index in [0.29, 0.717) is 5.69 Å². The molecule has 14 heavy (non-hydrogen) atoms. The van der Waals surface area contributed by atoms with Gasteiger partial charge in [-0.05, 0) is 20.8 Å². The molecule has 0 atom stereocenters. The first-order valence-corrected chi connectivity index (χ1v) is 5.35. The molecule has 0 amide bonds. The Labute approximate surface area is 88.4 Å². The van der Waals surface area contributed by atoms with Gasteiger partial charge in [0.15, 0.2) is 5.78 Å². The average Bonchev–Trinajstić information content (AvgIpc) is 2.53. The summed E-state index contributed by atoms with van der Waals surface area (Å²) in [5.41, 5.74) is 2.14. The number of nitrogens with zero attached hydrogens (tertiary/aromatic N) is 1. The van der Waals surface area contributed by atoms with Crippen LogP contribution in [0.4, 0.5) is 0 Å². The Bertz CT molecular complexity index is 362. The average molecular weight is 207 g/mol. The molecule has 2 nitrogen and oxygen atoms in total. The predicted molar refractivity (Wildman–Crippen MR) is 58.3 cm³/mol. The number of carbonyl (C=O) groups excluding carboxylic acids is 1. The van der Waals surface area contributed by atoms with E-state index in [0.717, 1.165) is 0 Å². The molecule has 0 spiro atoms. The van der Waals surface area contributed by atoms with Gasteiger partial charge in [-0.2, -0.15) is 0 Å². The van der Waals surface area contributed by atoms with Crippen LogP contribution in [-0.2, 0) is 0 Å². The molecule has 0 aromatic carbocycles. The highest BCUT2D eigenvalue weighted by atomic mass is 32.1. The van der Waals surface area contributed by atoms with Gasteiger partial charge < -0.3 is 0 Å². The lowest BCUT2D eigenvalue weighted by Gasteiger charge is -2.06. The third kappa shape index (κ3) is 3.71. The van der Waals surface area contributed by atoms with E-state index in [9.17, 15) is 4.79 Å². The summed E-state index contributed by atoms with van der Waals surface area (Å²) in [6.07, 6.45) is 0.265. The fourth-order valence-electron chi connectivity index (χ4n) is 0.830. The first kappa shape index (κ1) is 10.9. The summed E-state index contributed by atoms with van der Waals surface area (Å²) in [6, 6.07) is 0. The monoisotopic (exact) mass is 207 g/mol. The number of Topliss-reactive ketones (excluding diaryl/α,β-unsaturated/α-hetero) is 1. The minimum atomic E-state index is -0.0393. The molecule has 0 radical (unpaired) electrons. The highest BCUT2D eigenvalue weighted by Gasteiger charge is 2.07. The second kappa shape index (κ2) is 4.39. The van der Waals surface area contributed by atoms with Gasteiger partial charge in [0.05, 0.1) is 11.9 Å². The molecular weight excluding hydrogens is 194 g/mol. The zero-order valence-corrected chi connectivity index (χ0v) is 9.44. The van der Waals surface area contributed by atoms with Crippen LogP contribution in [0.15, 0.2) is 10.9 Å². The fraction of sp³-hybridized carbons (Fsp3) is 0.455. The number of ketones is 1. The number of aromatic nitrogens is 1. The summed E-state index contributed by atoms with van der Waals surface area (Å²) in [4.78, 5) is 15.4. The third-order valence-corrected chi connectivity index (χ3v) is 2.02. The zero-order chi connectivity index (χ0) is 10.6. The fourth-order valence-corrected chi connectivity index (χ4v) is 1.39. The standard InChI is InChI=1S/C11H13NOS/c1-11(2,3)6-4-5-10(13)9-7-14-8-12-9/h7-8H,5H2,1-3H3. The van der Waals surface area contributed by atoms with E-state index < -0.39 is 0 Å². The Morgan fingerprint density at radius 1 is 1.57 bits per heavy atom. The van der Waals surface area contributed by atoms with Crippen molar-refractivity contribution in [3.05, 3.63) is 16.6 Å². The van der Waals surface area contributed by atoms with E-state index in [4.69, 9.17) is 0 Å². The number of hydrogen-bond donors (Lipinski definition) is 0. The van der Waals surface area contributed by atoms with Crippen LogP contribution in [-0.4, -0.2) is 10.8 Å². The van der Waals surface area contributed by atoms with Crippen molar-refractivity contribution < 1.29 is 4.79 Å². The summed E-state index contributed by atoms with van der Waals surface area (Å²) >= 11 is 1.43. The van der Waals surface area contributed by atoms with E-state index in [1.807, 2.05) is 20.8 Å². The summed E-state index contributed by atoms with van der Waals surface area (Å²) in [6.45, 7) is 6.06. The van der Waals surface area contributed by atoms with Crippen molar-refractivity contribution in [2.24, 2.45) is 5.41 Å². The van der Waals surface area contributed by atoms with Crippen LogP contribution in [0.1, 0.15) is 37.7 Å². The van der Waals surface area contributed by atoms with E-state index in [2.05, 4.69) is 16.8 Å². The van der Waals surface area contributed by atoms with E-state index in [1.54, 1.807) is 10.9 Å². The first-order valence-electron chi connectivity index (χ1n) is 4.40. The van der Waals surface area contributed by atoms with Gasteiger partial charge in [0, 0.05) is 10.8 Å². The molecule has 1 rings (SSSR count). The maximum absolute atomic E-state index is 11.4. The van der Waals surface area contributed by atoms with Gasteiger partial charge in [-0.15, -0.1) is 11.3 Å². The summed E-state index contributed by atoms with van der Waals surface area (Å²) in [7, 11) is 0. The van der Waals surface area contributed by atoms with Crippen molar-refractivity contribution in [3.63, 3.8) is 0 Å². The molecule has 3 heteroatoms. The van der Waals surface area contributed by atoms with E-state index in [1.165, 1.54) is 11.3 Å². The van der Waals surface area contributed by atoms with Crippen LogP contribution in [0.25, 0.3) is 0 Å². The molecule has 0 aliphatic heterocycles. The van der Waals surface area contributed by atoms with Gasteiger partial charge in [-0.3, -0.25) is 4.79 Å². The Hall–Kier alpha value is -1.14. The molecule has 1 heterocycles. The number of hydrogen-bond acceptors (Lipinski definition) is 3. The number of rotatable bonds is 2. The Morgan fingerprint density at radius 2 is 2.29 bits per heavy atom. The summed E-state index contributed by atoms with van der Waals surface area (Å²) < 4.78 is 0. The molecule has 0 unspecified atom stereocenters. The normalized spacial score (nSPS) is 10.5. The Balaban J connectivity index is 2.54. The summed E-state index contributed by atoms with van der Waals surface area (Å²) in [5.74, 6) is 5.90. The Morgan fingerprint density at radius 3 is 2.79 bits per heavy atom. The van der Waals surface area contributed by atoms with Crippen molar-refractivity contribution in [3.8, 4) is 11.8 Å². The first-order chi connectivity index (χ1) is 6.49. The molecule has 74 valence electrons. The Kier molecular flexibility index (Phi) is 3.43. The number of carbonyl (C=O) groups is 1. The zero-order valence-electron chi connectivity index (χ0n) is 8.63. The molecule has 0 aliphatic rings. The van der Waals surface area contributed by atoms with Crippen LogP contribution < -0.4 is 0 Å². The minimum Gasteiger partial charge on any atom is -0.291 e. The highest BCUT2D eigenvalue weighted by molar-refractivity contribution is 7.07. The van der Waals surface area contributed by atoms with Gasteiger partial charge in [0.1, 0.15) is 5.69 Å². The van der Waals surface area contributed by atoms with Crippen molar-refractivity contribution in [2.45, 2.75) is 27.2 Å². The van der Waals surface area contributed by atoms with Gasteiger partial charge >= 0.3 is 0 Å². The van der Waals surface area contributed by atoms with Gasteiger partial charge in [-0.1, -0.05) is 11.8 Å². The van der Waals surface area contributed by atoms with Crippen LogP contribution in [0.3, 0.4) is 0 Å². The predicted octanol–water partition coefficient (Wildman–Crippen LogP) is 2.77. The van der Waals surface area contributed by atoms with E-state index >= 15 is 0 Å². The summed E-state index contributed by atoms with van der Waals surface area (Å²) in [5, 5.41) is 1.75. The lowest BCUT2D eigenvalue weighted by Crippen LogP contribution is -2.01. The van der Waals surface area contributed by atoms with Gasteiger partial charge in [0.25, 0.3) is 0 Å². The van der Waals surface area contributed by atoms with Crippen LogP contribution in [0, 0.1) is 17.3 Å². The van der Waals surface area contributed by atoms with Crippen molar-refractivity contribution >= 4 is 17.1 Å². The highest BCUT2D eigenvalue weighted by Crippen LogP contribution is 2.10. The van der Waals surface area contributed by atoms with Gasteiger partial charge in [0.2, 0.25) is 0 Å². The maximum Gasteiger partial charge on any atom is 0.193 e. The number of thiazole rings is 1. The molecule has 0 saturated heterocycles. The molecular formula is C11H13NOS. The second-order valence-corrected chi connectivity index (χ2v) is 4.74. The molecule has 0 fully saturated rings. The van der Waals surface area contributed by atoms with Crippen LogP contribution in [0.2, 0.25) is 0 Å². The van der Waals surface area contributed by atoms with Crippen molar-refractivity contribution in [1.29, 1.82) is 0 Å². The quantitative estimate of drug-likeness (QED) is 0.551. The molecule has 1 aromatic rings. The maximum atomic E-state index is 11.4. The SMILES string of the molecule is CC(C)(C)C#CCC(=O)c1cscn1. The molecule has 0 bridgehead atoms. The largest absolute Gasteiger partial charge is 0.291 e.